The van der Waals surface area contributed by atoms with Crippen molar-refractivity contribution in [2.75, 3.05) is 9.80 Å². The van der Waals surface area contributed by atoms with Crippen LogP contribution in [0.15, 0.2) is 336 Å². The molecular weight excluding hydrogens is 1100 g/mol. The third kappa shape index (κ3) is 8.94. The van der Waals surface area contributed by atoms with Gasteiger partial charge in [0.1, 0.15) is 11.0 Å². The number of benzene rings is 13. The Morgan fingerprint density at radius 3 is 1.40 bits per heavy atom. The lowest BCUT2D eigenvalue weighted by Crippen LogP contribution is -2.30. The lowest BCUT2D eigenvalue weighted by molar-refractivity contribution is 0.576. The number of para-hydroxylation sites is 4. The highest BCUT2D eigenvalue weighted by Gasteiger charge is 2.47. The number of hydrogen-bond acceptors (Lipinski definition) is 6. The molecule has 0 radical (unpaired) electrons. The number of hydrogen-bond donors (Lipinski definition) is 0. The molecule has 2 aromatic heterocycles. The molecule has 1 atom stereocenters. The van der Waals surface area contributed by atoms with Gasteiger partial charge in [0.2, 0.25) is 11.8 Å². The van der Waals surface area contributed by atoms with Gasteiger partial charge < -0.3 is 18.6 Å². The summed E-state index contributed by atoms with van der Waals surface area (Å²) in [6.07, 6.45) is 7.68. The van der Waals surface area contributed by atoms with Crippen LogP contribution in [0.4, 0.5) is 28.4 Å². The van der Waals surface area contributed by atoms with Crippen LogP contribution in [-0.4, -0.2) is 9.97 Å². The molecule has 0 bridgehead atoms. The second-order valence-corrected chi connectivity index (χ2v) is 24.0. The smallest absolute Gasteiger partial charge is 0.227 e. The zero-order valence-corrected chi connectivity index (χ0v) is 49.4. The van der Waals surface area contributed by atoms with Crippen molar-refractivity contribution >= 4 is 72.2 Å². The normalized spacial score (nSPS) is 14.8. The molecule has 0 amide bonds. The van der Waals surface area contributed by atoms with Crippen LogP contribution >= 0.6 is 0 Å². The predicted molar refractivity (Wildman–Crippen MR) is 369 cm³/mol. The highest BCUT2D eigenvalue weighted by Crippen LogP contribution is 2.59. The Labute approximate surface area is 522 Å². The first kappa shape index (κ1) is 52.7. The molecule has 90 heavy (non-hydrogen) atoms. The predicted octanol–water partition coefficient (Wildman–Crippen LogP) is 22.0. The summed E-state index contributed by atoms with van der Waals surface area (Å²) in [5.74, 6) is 1.18. The quantitative estimate of drug-likeness (QED) is 0.121. The van der Waals surface area contributed by atoms with E-state index in [9.17, 15) is 0 Å². The lowest BCUT2D eigenvalue weighted by atomic mass is 9.67. The number of allylic oxidation sites excluding steroid dienone is 4. The van der Waals surface area contributed by atoms with E-state index in [1.54, 1.807) is 0 Å². The van der Waals surface area contributed by atoms with Gasteiger partial charge in [-0.3, -0.25) is 0 Å². The first-order valence-electron chi connectivity index (χ1n) is 30.8. The number of anilines is 5. The zero-order chi connectivity index (χ0) is 59.8. The molecule has 2 heterocycles. The Kier molecular flexibility index (Phi) is 12.5. The summed E-state index contributed by atoms with van der Waals surface area (Å²) in [4.78, 5) is 14.7. The van der Waals surface area contributed by atoms with Gasteiger partial charge in [-0.15, -0.1) is 0 Å². The molecular formula is C84H58N4O2. The van der Waals surface area contributed by atoms with E-state index in [2.05, 4.69) is 290 Å². The first-order valence-corrected chi connectivity index (χ1v) is 30.8. The molecule has 6 heteroatoms. The molecule has 0 spiro atoms. The van der Waals surface area contributed by atoms with Crippen LogP contribution in [0.1, 0.15) is 41.2 Å². The van der Waals surface area contributed by atoms with Gasteiger partial charge in [0.15, 0.2) is 11.2 Å². The van der Waals surface area contributed by atoms with Crippen molar-refractivity contribution in [1.82, 2.24) is 9.97 Å². The highest BCUT2D eigenvalue weighted by molar-refractivity contribution is 5.93. The minimum Gasteiger partial charge on any atom is -0.436 e. The second-order valence-electron chi connectivity index (χ2n) is 24.0. The fourth-order valence-corrected chi connectivity index (χ4v) is 14.1. The second kappa shape index (κ2) is 21.4. The molecule has 13 aromatic carbocycles. The van der Waals surface area contributed by atoms with Gasteiger partial charge in [-0.1, -0.05) is 207 Å². The van der Waals surface area contributed by atoms with E-state index >= 15 is 0 Å². The van der Waals surface area contributed by atoms with Crippen LogP contribution in [0.25, 0.3) is 88.9 Å². The van der Waals surface area contributed by atoms with Crippen LogP contribution in [0.5, 0.6) is 0 Å². The maximum absolute atomic E-state index is 6.34. The molecule has 0 saturated heterocycles. The van der Waals surface area contributed by atoms with Crippen molar-refractivity contribution in [2.24, 2.45) is 0 Å². The summed E-state index contributed by atoms with van der Waals surface area (Å²) in [7, 11) is 0. The van der Waals surface area contributed by atoms with Crippen molar-refractivity contribution < 1.29 is 8.83 Å². The maximum Gasteiger partial charge on any atom is 0.227 e. The van der Waals surface area contributed by atoms with Gasteiger partial charge in [0.05, 0.1) is 5.41 Å². The molecule has 0 N–H and O–H groups in total. The average molecular weight is 1160 g/mol. The molecule has 0 saturated carbocycles. The number of fused-ring (bicyclic) bond motifs is 7. The molecule has 2 aliphatic rings. The van der Waals surface area contributed by atoms with Crippen molar-refractivity contribution in [1.29, 1.82) is 0 Å². The van der Waals surface area contributed by atoms with Gasteiger partial charge in [-0.2, -0.15) is 0 Å². The van der Waals surface area contributed by atoms with Crippen LogP contribution in [0.3, 0.4) is 0 Å². The molecule has 426 valence electrons. The minimum atomic E-state index is -0.766. The van der Waals surface area contributed by atoms with Crippen LogP contribution in [0.2, 0.25) is 0 Å². The minimum absolute atomic E-state index is 0.308. The Balaban J connectivity index is 0.841. The number of aromatic nitrogens is 2. The van der Waals surface area contributed by atoms with Crippen molar-refractivity contribution in [3.05, 3.63) is 355 Å². The summed E-state index contributed by atoms with van der Waals surface area (Å²) in [6, 6.07) is 110. The van der Waals surface area contributed by atoms with E-state index in [-0.39, 0.29) is 5.41 Å². The summed E-state index contributed by atoms with van der Waals surface area (Å²) in [6.45, 7) is 2.37. The first-order chi connectivity index (χ1) is 44.4. The maximum atomic E-state index is 6.34. The van der Waals surface area contributed by atoms with Gasteiger partial charge >= 0.3 is 0 Å². The van der Waals surface area contributed by atoms with Gasteiger partial charge in [-0.25, -0.2) is 9.97 Å². The average Bonchev–Trinajstić information content (AvgIpc) is 1.54. The van der Waals surface area contributed by atoms with E-state index in [1.807, 2.05) is 48.5 Å². The van der Waals surface area contributed by atoms with Gasteiger partial charge in [0.25, 0.3) is 0 Å². The summed E-state index contributed by atoms with van der Waals surface area (Å²) < 4.78 is 12.7. The summed E-state index contributed by atoms with van der Waals surface area (Å²) in [5.41, 5.74) is 20.9. The Morgan fingerprint density at radius 2 is 0.811 bits per heavy atom. The molecule has 0 fully saturated rings. The fraction of sp³-hybridized carbons (Fsp3) is 0.0476. The Bertz CT molecular complexity index is 5210. The topological polar surface area (TPSA) is 58.5 Å². The van der Waals surface area contributed by atoms with Crippen LogP contribution in [-0.2, 0) is 10.8 Å². The highest BCUT2D eigenvalue weighted by atomic mass is 16.4. The zero-order valence-electron chi connectivity index (χ0n) is 49.4. The molecule has 1 unspecified atom stereocenters. The SMILES string of the molecule is CC1(c2ccc3ccccc3c2)C=CC=C(N(c2ccc(-c3nc4ccccc4o3)cc2)c2ccc3c(c2)C(c2ccccc2)(c2ccccc2)c2cc(N(c4ccc(-c5nc6ccccc6o5)cc4)c4cccc(-c5ccc6ccccc6c5)c4)ccc2-3)C1. The van der Waals surface area contributed by atoms with Crippen molar-refractivity contribution in [2.45, 2.75) is 24.2 Å². The van der Waals surface area contributed by atoms with E-state index in [1.165, 1.54) is 66.2 Å². The van der Waals surface area contributed by atoms with Crippen LogP contribution in [0, 0.1) is 0 Å². The molecule has 0 aliphatic heterocycles. The fourth-order valence-electron chi connectivity index (χ4n) is 14.1. The Morgan fingerprint density at radius 1 is 0.344 bits per heavy atom. The molecule has 6 nitrogen and oxygen atoms in total. The third-order valence-electron chi connectivity index (χ3n) is 18.6. The lowest BCUT2D eigenvalue weighted by Gasteiger charge is -2.38. The standard InChI is InChI=1S/C84H58N4O2/c1-83(66-40-35-57-19-9-11-21-61(57)51-66)49-17-28-72(55-83)88(68-43-38-59(39-44-68)82-86-78-30-13-15-32-80(78)90-82)71-46-48-74-73-47-45-70(53-75(73)84(76(74)54-71,64-23-4-2-5-24-64)65-25-6-3-7-26-65)87(67-41-36-58(37-42-67)81-85-77-29-12-14-31-79(77)89-81)69-27-16-22-62(52-69)63-34-33-56-18-8-10-20-60(56)50-63/h2-54H,55H2,1H3. The summed E-state index contributed by atoms with van der Waals surface area (Å²) in [5, 5.41) is 4.89. The molecule has 2 aliphatic carbocycles. The van der Waals surface area contributed by atoms with E-state index < -0.39 is 5.41 Å². The summed E-state index contributed by atoms with van der Waals surface area (Å²) >= 11 is 0. The number of rotatable bonds is 12. The third-order valence-corrected chi connectivity index (χ3v) is 18.6. The molecule has 17 rings (SSSR count). The van der Waals surface area contributed by atoms with E-state index in [4.69, 9.17) is 18.8 Å². The Hall–Kier alpha value is -11.6. The molecule has 15 aromatic rings. The van der Waals surface area contributed by atoms with E-state index in [0.717, 1.165) is 79.3 Å². The number of oxazole rings is 2. The van der Waals surface area contributed by atoms with Crippen molar-refractivity contribution in [3.8, 4) is 45.2 Å². The monoisotopic (exact) mass is 1150 g/mol. The largest absolute Gasteiger partial charge is 0.436 e. The van der Waals surface area contributed by atoms with Crippen molar-refractivity contribution in [3.63, 3.8) is 0 Å². The van der Waals surface area contributed by atoms with Gasteiger partial charge in [-0.05, 0) is 193 Å². The van der Waals surface area contributed by atoms with Gasteiger partial charge in [0, 0.05) is 57.1 Å². The van der Waals surface area contributed by atoms with Crippen LogP contribution < -0.4 is 9.80 Å². The number of nitrogens with zero attached hydrogens (tertiary/aromatic N) is 4. The van der Waals surface area contributed by atoms with E-state index in [0.29, 0.717) is 11.8 Å².